The zero-order valence-corrected chi connectivity index (χ0v) is 12.4. The second-order valence-electron chi connectivity index (χ2n) is 5.82. The zero-order valence-electron chi connectivity index (χ0n) is 12.4. The zero-order chi connectivity index (χ0) is 14.5. The summed E-state index contributed by atoms with van der Waals surface area (Å²) >= 11 is 0. The number of halogens is 2. The van der Waals surface area contributed by atoms with Gasteiger partial charge in [-0.2, -0.15) is 0 Å². The van der Waals surface area contributed by atoms with Gasteiger partial charge in [0.05, 0.1) is 0 Å². The van der Waals surface area contributed by atoms with Crippen LogP contribution in [0, 0.1) is 17.6 Å². The van der Waals surface area contributed by atoms with Gasteiger partial charge in [-0.1, -0.05) is 19.3 Å². The predicted octanol–water partition coefficient (Wildman–Crippen LogP) is 3.70. The fourth-order valence-electron chi connectivity index (χ4n) is 3.14. The smallest absolute Gasteiger partial charge is 0.149 e. The van der Waals surface area contributed by atoms with Crippen molar-refractivity contribution in [3.63, 3.8) is 0 Å². The number of hydrogen-bond donors (Lipinski definition) is 1. The Morgan fingerprint density at radius 3 is 2.30 bits per heavy atom. The van der Waals surface area contributed by atoms with Crippen molar-refractivity contribution in [3.05, 3.63) is 29.3 Å². The van der Waals surface area contributed by atoms with Crippen molar-refractivity contribution < 1.29 is 8.78 Å². The summed E-state index contributed by atoms with van der Waals surface area (Å²) in [5.74, 6) is -0.369. The van der Waals surface area contributed by atoms with Gasteiger partial charge in [0.15, 0.2) is 0 Å². The van der Waals surface area contributed by atoms with Crippen molar-refractivity contribution in [1.82, 2.24) is 5.32 Å². The van der Waals surface area contributed by atoms with Gasteiger partial charge in [-0.25, -0.2) is 8.78 Å². The van der Waals surface area contributed by atoms with Gasteiger partial charge in [0.2, 0.25) is 0 Å². The molecule has 0 amide bonds. The molecule has 2 nitrogen and oxygen atoms in total. The molecule has 1 aliphatic carbocycles. The monoisotopic (exact) mass is 282 g/mol. The third kappa shape index (κ3) is 3.69. The number of benzene rings is 1. The first-order valence-electron chi connectivity index (χ1n) is 7.45. The highest BCUT2D eigenvalue weighted by molar-refractivity contribution is 5.50. The lowest BCUT2D eigenvalue weighted by molar-refractivity contribution is 0.360. The number of nitrogens with one attached hydrogen (secondary N) is 1. The van der Waals surface area contributed by atoms with E-state index in [1.165, 1.54) is 44.2 Å². The quantitative estimate of drug-likeness (QED) is 0.886. The molecule has 1 saturated carbocycles. The van der Waals surface area contributed by atoms with Crippen LogP contribution < -0.4 is 10.2 Å². The summed E-state index contributed by atoms with van der Waals surface area (Å²) in [6.45, 7) is 1.21. The van der Waals surface area contributed by atoms with Crippen molar-refractivity contribution in [3.8, 4) is 0 Å². The maximum Gasteiger partial charge on any atom is 0.149 e. The molecule has 0 atom stereocenters. The molecule has 0 aromatic heterocycles. The molecule has 4 heteroatoms. The number of nitrogens with zero attached hydrogens (tertiary/aromatic N) is 1. The highest BCUT2D eigenvalue weighted by Crippen LogP contribution is 2.29. The second-order valence-corrected chi connectivity index (χ2v) is 5.82. The maximum absolute atomic E-state index is 14.1. The molecule has 1 fully saturated rings. The summed E-state index contributed by atoms with van der Waals surface area (Å²) < 4.78 is 28.3. The Kier molecular flexibility index (Phi) is 5.35. The third-order valence-corrected chi connectivity index (χ3v) is 4.10. The summed E-state index contributed by atoms with van der Waals surface area (Å²) in [7, 11) is 3.55. The molecule has 0 unspecified atom stereocenters. The summed E-state index contributed by atoms with van der Waals surface area (Å²) in [5.41, 5.74) is 0.743. The molecule has 0 aliphatic heterocycles. The Balaban J connectivity index is 2.10. The van der Waals surface area contributed by atoms with E-state index >= 15 is 0 Å². The fraction of sp³-hybridized carbons (Fsp3) is 0.625. The first-order valence-corrected chi connectivity index (χ1v) is 7.45. The normalized spacial score (nSPS) is 16.4. The van der Waals surface area contributed by atoms with E-state index < -0.39 is 11.6 Å². The standard InChI is InChI=1S/C16H24F2N2/c1-19-10-13-8-14(17)16(15(18)9-13)20(2)11-12-6-4-3-5-7-12/h8-9,12,19H,3-7,10-11H2,1-2H3. The van der Waals surface area contributed by atoms with Crippen LogP contribution in [-0.4, -0.2) is 20.6 Å². The van der Waals surface area contributed by atoms with Crippen molar-refractivity contribution in [1.29, 1.82) is 0 Å². The first kappa shape index (κ1) is 15.2. The SMILES string of the molecule is CNCc1cc(F)c(N(C)CC2CCCCC2)c(F)c1. The Bertz CT molecular complexity index is 419. The molecule has 1 aromatic rings. The highest BCUT2D eigenvalue weighted by Gasteiger charge is 2.20. The van der Waals surface area contributed by atoms with Crippen LogP contribution in [0.4, 0.5) is 14.5 Å². The molecule has 1 aliphatic rings. The van der Waals surface area contributed by atoms with E-state index in [0.717, 1.165) is 6.54 Å². The molecule has 2 rings (SSSR count). The van der Waals surface area contributed by atoms with Crippen molar-refractivity contribution in [2.75, 3.05) is 25.5 Å². The molecule has 1 N–H and O–H groups in total. The van der Waals surface area contributed by atoms with Crippen LogP contribution in [0.25, 0.3) is 0 Å². The van der Waals surface area contributed by atoms with Crippen molar-refractivity contribution in [2.45, 2.75) is 38.6 Å². The third-order valence-electron chi connectivity index (χ3n) is 4.10. The van der Waals surface area contributed by atoms with E-state index in [-0.39, 0.29) is 5.69 Å². The van der Waals surface area contributed by atoms with E-state index in [1.54, 1.807) is 19.0 Å². The molecule has 0 bridgehead atoms. The summed E-state index contributed by atoms with van der Waals surface area (Å²) in [4.78, 5) is 1.74. The van der Waals surface area contributed by atoms with Crippen molar-refractivity contribution >= 4 is 5.69 Å². The Hall–Kier alpha value is -1.16. The van der Waals surface area contributed by atoms with E-state index in [0.29, 0.717) is 18.0 Å². The first-order chi connectivity index (χ1) is 9.61. The average molecular weight is 282 g/mol. The molecule has 1 aromatic carbocycles. The van der Waals surface area contributed by atoms with Crippen LogP contribution in [0.1, 0.15) is 37.7 Å². The summed E-state index contributed by atoms with van der Waals surface area (Å²) in [6, 6.07) is 2.85. The minimum absolute atomic E-state index is 0.107. The lowest BCUT2D eigenvalue weighted by Gasteiger charge is -2.29. The molecule has 0 spiro atoms. The number of rotatable bonds is 5. The van der Waals surface area contributed by atoms with Gasteiger partial charge in [-0.05, 0) is 43.5 Å². The largest absolute Gasteiger partial charge is 0.370 e. The fourth-order valence-corrected chi connectivity index (χ4v) is 3.14. The van der Waals surface area contributed by atoms with Crippen LogP contribution in [0.3, 0.4) is 0 Å². The average Bonchev–Trinajstić information content (AvgIpc) is 2.39. The lowest BCUT2D eigenvalue weighted by atomic mass is 9.89. The van der Waals surface area contributed by atoms with Crippen LogP contribution in [-0.2, 0) is 6.54 Å². The van der Waals surface area contributed by atoms with Gasteiger partial charge >= 0.3 is 0 Å². The molecule has 0 saturated heterocycles. The topological polar surface area (TPSA) is 15.3 Å². The molecular weight excluding hydrogens is 258 g/mol. The minimum atomic E-state index is -0.464. The van der Waals surface area contributed by atoms with Crippen LogP contribution in [0.2, 0.25) is 0 Å². The number of anilines is 1. The summed E-state index contributed by atoms with van der Waals surface area (Å²) in [6.07, 6.45) is 6.12. The maximum atomic E-state index is 14.1. The Morgan fingerprint density at radius 1 is 1.15 bits per heavy atom. The van der Waals surface area contributed by atoms with Gasteiger partial charge in [0, 0.05) is 20.1 Å². The van der Waals surface area contributed by atoms with E-state index in [1.807, 2.05) is 0 Å². The van der Waals surface area contributed by atoms with Gasteiger partial charge in [0.1, 0.15) is 17.3 Å². The van der Waals surface area contributed by atoms with Gasteiger partial charge < -0.3 is 10.2 Å². The second kappa shape index (κ2) is 7.02. The van der Waals surface area contributed by atoms with Crippen LogP contribution in [0.15, 0.2) is 12.1 Å². The molecule has 0 heterocycles. The van der Waals surface area contributed by atoms with Gasteiger partial charge in [-0.3, -0.25) is 0 Å². The molecule has 112 valence electrons. The Morgan fingerprint density at radius 2 is 1.75 bits per heavy atom. The van der Waals surface area contributed by atoms with Crippen molar-refractivity contribution in [2.24, 2.45) is 5.92 Å². The molecule has 0 radical (unpaired) electrons. The summed E-state index contributed by atoms with van der Waals surface area (Å²) in [5, 5.41) is 2.91. The van der Waals surface area contributed by atoms with E-state index in [4.69, 9.17) is 0 Å². The molecular formula is C16H24F2N2. The van der Waals surface area contributed by atoms with Crippen LogP contribution >= 0.6 is 0 Å². The highest BCUT2D eigenvalue weighted by atomic mass is 19.1. The van der Waals surface area contributed by atoms with Gasteiger partial charge in [0.25, 0.3) is 0 Å². The van der Waals surface area contributed by atoms with Crippen LogP contribution in [0.5, 0.6) is 0 Å². The molecule has 20 heavy (non-hydrogen) atoms. The van der Waals surface area contributed by atoms with E-state index in [2.05, 4.69) is 5.32 Å². The number of hydrogen-bond acceptors (Lipinski definition) is 2. The Labute approximate surface area is 120 Å². The minimum Gasteiger partial charge on any atom is -0.370 e. The van der Waals surface area contributed by atoms with E-state index in [9.17, 15) is 8.78 Å². The predicted molar refractivity (Wildman–Crippen MR) is 79.0 cm³/mol. The lowest BCUT2D eigenvalue weighted by Crippen LogP contribution is -2.28. The van der Waals surface area contributed by atoms with Gasteiger partial charge in [-0.15, -0.1) is 0 Å².